The van der Waals surface area contributed by atoms with Gasteiger partial charge in [0.15, 0.2) is 0 Å². The third-order valence-electron chi connectivity index (χ3n) is 0. The third-order valence-corrected chi connectivity index (χ3v) is 0. The van der Waals surface area contributed by atoms with Gasteiger partial charge in [0.25, 0.3) is 0 Å². The molecule has 0 unspecified atom stereocenters. The molecule has 0 aliphatic carbocycles. The molecule has 0 rings (SSSR count). The van der Waals surface area contributed by atoms with Gasteiger partial charge in [0.1, 0.15) is 0 Å². The third kappa shape index (κ3) is 1310. The summed E-state index contributed by atoms with van der Waals surface area (Å²) in [7, 11) is 0. The Morgan fingerprint density at radius 1 is 1.40 bits per heavy atom. The van der Waals surface area contributed by atoms with Crippen molar-refractivity contribution in [3.05, 3.63) is 15.3 Å². The zero-order valence-electron chi connectivity index (χ0n) is 5.05. The van der Waals surface area contributed by atoms with E-state index in [0.717, 1.165) is 6.92 Å². The average Bonchev–Trinajstić information content (AvgIpc) is 1.25. The van der Waals surface area contributed by atoms with Crippen molar-refractivity contribution in [2.45, 2.75) is 6.92 Å². The van der Waals surface area contributed by atoms with Crippen LogP contribution in [-0.4, -0.2) is 11.1 Å². The molecule has 0 fully saturated rings. The molecule has 0 spiro atoms. The van der Waals surface area contributed by atoms with Crippen molar-refractivity contribution in [3.8, 4) is 0 Å². The van der Waals surface area contributed by atoms with Crippen LogP contribution < -0.4 is 5.11 Å². The first kappa shape index (κ1) is 22.4. The molecule has 0 aliphatic rings. The van der Waals surface area contributed by atoms with Gasteiger partial charge in [-0.15, -0.1) is 0 Å². The monoisotopic (exact) mass is 343 g/mol. The first-order chi connectivity index (χ1) is 3.46. The summed E-state index contributed by atoms with van der Waals surface area (Å²) in [4.78, 5) is 17.1. The van der Waals surface area contributed by atoms with E-state index in [1.165, 1.54) is 0 Å². The molecule has 0 saturated heterocycles. The number of carboxylic acids is 1. The molecule has 8 heteroatoms. The Morgan fingerprint density at radius 3 is 1.40 bits per heavy atom. The minimum atomic E-state index is -1.75. The Kier molecular flexibility index (Phi) is 36.6. The molecule has 0 atom stereocenters. The summed E-state index contributed by atoms with van der Waals surface area (Å²) in [5.74, 6) is -1.08. The summed E-state index contributed by atoms with van der Waals surface area (Å²) in [5.41, 5.74) is 0. The number of hydrogen-bond donors (Lipinski definition) is 0. The van der Waals surface area contributed by atoms with Crippen molar-refractivity contribution in [1.29, 1.82) is 0 Å². The van der Waals surface area contributed by atoms with Gasteiger partial charge < -0.3 is 25.2 Å². The van der Waals surface area contributed by atoms with Crippen LogP contribution in [0.5, 0.6) is 0 Å². The Bertz CT molecular complexity index is 77.6. The second-order valence-electron chi connectivity index (χ2n) is 0.715. The Balaban J connectivity index is -0.0000000300. The van der Waals surface area contributed by atoms with Gasteiger partial charge in [0.2, 0.25) is 0 Å². The molecule has 0 heterocycles. The summed E-state index contributed by atoms with van der Waals surface area (Å²) in [6, 6.07) is 0. The van der Waals surface area contributed by atoms with E-state index in [9.17, 15) is 0 Å². The maximum Gasteiger partial charge on any atom is 2.00 e. The van der Waals surface area contributed by atoms with Gasteiger partial charge in [-0.2, -0.15) is 0 Å². The van der Waals surface area contributed by atoms with Crippen LogP contribution in [-0.2, 0) is 24.3 Å². The fraction of sp³-hybridized carbons (Fsp3) is 0.500. The standard InChI is InChI=1S/C2H4O2.Gd.NO3.Zn/c1-2(3)4;;2-1(3)4;/h1H3,(H,3,4);;;/q;;-1;+2/p-1. The van der Waals surface area contributed by atoms with E-state index < -0.39 is 11.1 Å². The van der Waals surface area contributed by atoms with Crippen LogP contribution in [0.25, 0.3) is 0 Å². The van der Waals surface area contributed by atoms with Gasteiger partial charge in [-0.3, -0.25) is 0 Å². The van der Waals surface area contributed by atoms with Crippen LogP contribution in [0.4, 0.5) is 0 Å². The van der Waals surface area contributed by atoms with Crippen molar-refractivity contribution in [1.82, 2.24) is 0 Å². The first-order valence-corrected chi connectivity index (χ1v) is 1.46. The molecule has 10 heavy (non-hydrogen) atoms. The number of rotatable bonds is 0. The number of hydrogen-bond acceptors (Lipinski definition) is 5. The summed E-state index contributed by atoms with van der Waals surface area (Å²) in [5, 5.41) is 23.6. The van der Waals surface area contributed by atoms with Crippen molar-refractivity contribution < 1.29 is 74.4 Å². The molecule has 0 aliphatic heterocycles. The van der Waals surface area contributed by atoms with E-state index in [1.807, 2.05) is 0 Å². The van der Waals surface area contributed by atoms with Gasteiger partial charge in [-0.1, -0.05) is 0 Å². The summed E-state index contributed by atoms with van der Waals surface area (Å²) < 4.78 is 0. The maximum atomic E-state index is 8.89. The quantitative estimate of drug-likeness (QED) is 0.303. The van der Waals surface area contributed by atoms with E-state index in [0.29, 0.717) is 0 Å². The van der Waals surface area contributed by atoms with Gasteiger partial charge in [0, 0.05) is 45.9 Å². The predicted octanol–water partition coefficient (Wildman–Crippen LogP) is -1.49. The smallest absolute Gasteiger partial charge is 0.550 e. The van der Waals surface area contributed by atoms with Crippen molar-refractivity contribution in [2.75, 3.05) is 0 Å². The number of carboxylic acid groups (broad SMARTS) is 1. The molecule has 6 nitrogen and oxygen atoms in total. The van der Waals surface area contributed by atoms with Crippen molar-refractivity contribution >= 4 is 5.97 Å². The zero-order valence-corrected chi connectivity index (χ0v) is 10.3. The molecular weight excluding hydrogens is 341 g/mol. The van der Waals surface area contributed by atoms with E-state index in [-0.39, 0.29) is 59.4 Å². The van der Waals surface area contributed by atoms with Gasteiger partial charge in [0.05, 0.1) is 5.09 Å². The predicted molar refractivity (Wildman–Crippen MR) is 21.0 cm³/mol. The number of carbonyl (C=O) groups excluding carboxylic acids is 1. The molecule has 0 N–H and O–H groups in total. The fourth-order valence-electron chi connectivity index (χ4n) is 0. The van der Waals surface area contributed by atoms with E-state index in [2.05, 4.69) is 0 Å². The molecule has 0 aromatic heterocycles. The van der Waals surface area contributed by atoms with Crippen LogP contribution in [0.2, 0.25) is 0 Å². The summed E-state index contributed by atoms with van der Waals surface area (Å²) in [6.07, 6.45) is 0. The Hall–Kier alpha value is 0.618. The molecule has 0 saturated carbocycles. The topological polar surface area (TPSA) is 106 Å². The molecule has 0 amide bonds. The van der Waals surface area contributed by atoms with E-state index in [1.54, 1.807) is 0 Å². The molecule has 0 aromatic rings. The van der Waals surface area contributed by atoms with Crippen LogP contribution in [0.3, 0.4) is 0 Å². The average molecular weight is 344 g/mol. The van der Waals surface area contributed by atoms with Gasteiger partial charge in [-0.05, 0) is 6.92 Å². The Morgan fingerprint density at radius 2 is 1.40 bits per heavy atom. The minimum absolute atomic E-state index is 0. The SMILES string of the molecule is CC(=O)[O-].O=[N+]([O-])[O-].[Gd].[Zn+2]. The van der Waals surface area contributed by atoms with Crippen LogP contribution in [0.1, 0.15) is 6.92 Å². The van der Waals surface area contributed by atoms with Crippen LogP contribution in [0, 0.1) is 55.3 Å². The summed E-state index contributed by atoms with van der Waals surface area (Å²) >= 11 is 0. The zero-order chi connectivity index (χ0) is 7.15. The normalized spacial score (nSPS) is 4.90. The van der Waals surface area contributed by atoms with Gasteiger partial charge in [-0.25, -0.2) is 0 Å². The van der Waals surface area contributed by atoms with E-state index in [4.69, 9.17) is 25.2 Å². The first-order valence-electron chi connectivity index (χ1n) is 1.46. The minimum Gasteiger partial charge on any atom is -0.550 e. The van der Waals surface area contributed by atoms with Gasteiger partial charge >= 0.3 is 19.5 Å². The Labute approximate surface area is 102 Å². The number of carbonyl (C=O) groups is 1. The second-order valence-corrected chi connectivity index (χ2v) is 0.715. The number of nitrogens with zero attached hydrogens (tertiary/aromatic N) is 1. The molecule has 0 radical (unpaired) electrons. The van der Waals surface area contributed by atoms with Crippen LogP contribution in [0.15, 0.2) is 0 Å². The molecular formula is C2H3GdNO5Zn. The number of aliphatic carboxylic acids is 1. The largest absolute Gasteiger partial charge is 2.00 e. The molecule has 0 bridgehead atoms. The summed E-state index contributed by atoms with van der Waals surface area (Å²) in [6.45, 7) is 0.972. The van der Waals surface area contributed by atoms with E-state index >= 15 is 0 Å². The second kappa shape index (κ2) is 16.3. The van der Waals surface area contributed by atoms with Crippen molar-refractivity contribution in [3.63, 3.8) is 0 Å². The molecule has 0 aromatic carbocycles. The van der Waals surface area contributed by atoms with Crippen molar-refractivity contribution in [2.24, 2.45) is 0 Å². The van der Waals surface area contributed by atoms with Crippen LogP contribution >= 0.6 is 0 Å². The maximum absolute atomic E-state index is 8.89. The fourth-order valence-corrected chi connectivity index (χ4v) is 0. The molecule has 56 valence electrons.